The van der Waals surface area contributed by atoms with Crippen molar-refractivity contribution >= 4 is 27.2 Å². The summed E-state index contributed by atoms with van der Waals surface area (Å²) in [6.07, 6.45) is 10.8. The summed E-state index contributed by atoms with van der Waals surface area (Å²) in [6, 6.07) is 32.6. The van der Waals surface area contributed by atoms with Crippen LogP contribution in [-0.4, -0.2) is 11.1 Å². The Morgan fingerprint density at radius 3 is 2.42 bits per heavy atom. The lowest BCUT2D eigenvalue weighted by molar-refractivity contribution is 0.427. The van der Waals surface area contributed by atoms with Gasteiger partial charge in [-0.15, -0.1) is 0 Å². The lowest BCUT2D eigenvalue weighted by Gasteiger charge is -2.22. The van der Waals surface area contributed by atoms with Gasteiger partial charge in [-0.2, -0.15) is 0 Å². The van der Waals surface area contributed by atoms with Gasteiger partial charge in [-0.1, -0.05) is 72.8 Å². The van der Waals surface area contributed by atoms with Crippen LogP contribution in [0.2, 0.25) is 0 Å². The molecule has 36 heavy (non-hydrogen) atoms. The quantitative estimate of drug-likeness (QED) is 0.282. The van der Waals surface area contributed by atoms with E-state index in [0.29, 0.717) is 0 Å². The summed E-state index contributed by atoms with van der Waals surface area (Å²) in [5, 5.41) is 8.46. The predicted molar refractivity (Wildman–Crippen MR) is 147 cm³/mol. The number of hydrogen-bond donors (Lipinski definition) is 1. The lowest BCUT2D eigenvalue weighted by atomic mass is 9.90. The average Bonchev–Trinajstić information content (AvgIpc) is 3.37. The third-order valence-corrected chi connectivity index (χ3v) is 7.43. The molecule has 0 fully saturated rings. The SMILES string of the molecule is C1=CC2NC(c3ccc4cc(-c5ccc6c7c(cccc57)-c5ccccc5O6)ccc4c3)=CN2C=C1. The van der Waals surface area contributed by atoms with E-state index in [2.05, 4.69) is 120 Å². The van der Waals surface area contributed by atoms with Crippen LogP contribution in [0.15, 0.2) is 122 Å². The monoisotopic (exact) mass is 462 g/mol. The standard InChI is InChI=1S/C33H22N2O/c1-2-9-30-26(6-1)28-8-5-7-27-25(15-16-31(36-30)33(27)28)23-13-11-22-19-24(14-12-21(22)18-23)29-20-35-17-4-3-10-32(35)34-29/h1-20,32,34H. The highest BCUT2D eigenvalue weighted by Gasteiger charge is 2.23. The van der Waals surface area contributed by atoms with Crippen LogP contribution in [0.5, 0.6) is 11.5 Å². The fourth-order valence-corrected chi connectivity index (χ4v) is 5.67. The van der Waals surface area contributed by atoms with E-state index in [-0.39, 0.29) is 6.17 Å². The van der Waals surface area contributed by atoms with Crippen LogP contribution < -0.4 is 10.1 Å². The van der Waals surface area contributed by atoms with E-state index in [1.54, 1.807) is 0 Å². The Morgan fingerprint density at radius 2 is 1.50 bits per heavy atom. The molecule has 0 bridgehead atoms. The number of para-hydroxylation sites is 1. The van der Waals surface area contributed by atoms with Gasteiger partial charge in [-0.25, -0.2) is 0 Å². The highest BCUT2D eigenvalue weighted by molar-refractivity contribution is 6.10. The molecule has 3 aliphatic heterocycles. The first kappa shape index (κ1) is 19.5. The van der Waals surface area contributed by atoms with Gasteiger partial charge in [0.05, 0.1) is 5.70 Å². The van der Waals surface area contributed by atoms with E-state index in [4.69, 9.17) is 4.74 Å². The molecule has 170 valence electrons. The van der Waals surface area contributed by atoms with Crippen molar-refractivity contribution in [1.82, 2.24) is 10.2 Å². The van der Waals surface area contributed by atoms with Crippen molar-refractivity contribution in [3.8, 4) is 33.8 Å². The lowest BCUT2D eigenvalue weighted by Crippen LogP contribution is -2.31. The Hall–Kier alpha value is -4.76. The number of ether oxygens (including phenoxy) is 1. The summed E-state index contributed by atoms with van der Waals surface area (Å²) < 4.78 is 6.28. The average molecular weight is 463 g/mol. The molecule has 1 N–H and O–H groups in total. The van der Waals surface area contributed by atoms with Crippen LogP contribution in [0.3, 0.4) is 0 Å². The van der Waals surface area contributed by atoms with Gasteiger partial charge in [0.1, 0.15) is 17.7 Å². The first-order valence-corrected chi connectivity index (χ1v) is 12.3. The van der Waals surface area contributed by atoms with Crippen molar-refractivity contribution in [3.05, 3.63) is 127 Å². The number of fused-ring (bicyclic) bond motifs is 4. The van der Waals surface area contributed by atoms with E-state index < -0.39 is 0 Å². The zero-order valence-electron chi connectivity index (χ0n) is 19.5. The van der Waals surface area contributed by atoms with Gasteiger partial charge in [-0.3, -0.25) is 0 Å². The molecule has 3 heterocycles. The van der Waals surface area contributed by atoms with Crippen molar-refractivity contribution in [2.24, 2.45) is 0 Å². The number of allylic oxidation sites excluding steroid dienone is 2. The topological polar surface area (TPSA) is 24.5 Å². The number of nitrogens with one attached hydrogen (secondary N) is 1. The molecule has 0 saturated heterocycles. The van der Waals surface area contributed by atoms with E-state index in [9.17, 15) is 0 Å². The van der Waals surface area contributed by atoms with Gasteiger partial charge >= 0.3 is 0 Å². The molecular weight excluding hydrogens is 440 g/mol. The molecule has 1 atom stereocenters. The van der Waals surface area contributed by atoms with E-state index in [1.165, 1.54) is 43.8 Å². The third kappa shape index (κ3) is 2.86. The summed E-state index contributed by atoms with van der Waals surface area (Å²) in [5.41, 5.74) is 7.16. The van der Waals surface area contributed by atoms with Gasteiger partial charge < -0.3 is 15.0 Å². The third-order valence-electron chi connectivity index (χ3n) is 7.43. The smallest absolute Gasteiger partial charge is 0.135 e. The van der Waals surface area contributed by atoms with Crippen LogP contribution >= 0.6 is 0 Å². The first-order chi connectivity index (χ1) is 17.8. The van der Waals surface area contributed by atoms with Gasteiger partial charge in [0.15, 0.2) is 0 Å². The van der Waals surface area contributed by atoms with Gasteiger partial charge in [-0.05, 0) is 74.8 Å². The van der Waals surface area contributed by atoms with Crippen LogP contribution in [-0.2, 0) is 0 Å². The molecular formula is C33H22N2O. The van der Waals surface area contributed by atoms with Crippen LogP contribution in [0.4, 0.5) is 0 Å². The first-order valence-electron chi connectivity index (χ1n) is 12.3. The summed E-state index contributed by atoms with van der Waals surface area (Å²) in [4.78, 5) is 2.20. The van der Waals surface area contributed by atoms with Crippen molar-refractivity contribution in [1.29, 1.82) is 0 Å². The number of benzene rings is 5. The van der Waals surface area contributed by atoms with Crippen molar-refractivity contribution < 1.29 is 4.74 Å². The number of nitrogens with zero attached hydrogens (tertiary/aromatic N) is 1. The molecule has 0 saturated carbocycles. The maximum absolute atomic E-state index is 6.28. The largest absolute Gasteiger partial charge is 0.456 e. The minimum atomic E-state index is 0.201. The normalized spacial score (nSPS) is 16.9. The molecule has 0 aromatic heterocycles. The van der Waals surface area contributed by atoms with E-state index >= 15 is 0 Å². The van der Waals surface area contributed by atoms with Gasteiger partial charge in [0.2, 0.25) is 0 Å². The zero-order chi connectivity index (χ0) is 23.6. The second-order valence-electron chi connectivity index (χ2n) is 9.52. The Labute approximate surface area is 209 Å². The number of rotatable bonds is 2. The van der Waals surface area contributed by atoms with Crippen LogP contribution in [0.1, 0.15) is 5.56 Å². The molecule has 1 unspecified atom stereocenters. The zero-order valence-corrected chi connectivity index (χ0v) is 19.5. The molecule has 8 rings (SSSR count). The van der Waals surface area contributed by atoms with Crippen molar-refractivity contribution in [3.63, 3.8) is 0 Å². The molecule has 0 aliphatic carbocycles. The summed E-state index contributed by atoms with van der Waals surface area (Å²) >= 11 is 0. The fraction of sp³-hybridized carbons (Fsp3) is 0.0303. The molecule has 3 heteroatoms. The fourth-order valence-electron chi connectivity index (χ4n) is 5.67. The molecule has 0 amide bonds. The van der Waals surface area contributed by atoms with E-state index in [1.807, 2.05) is 12.1 Å². The van der Waals surface area contributed by atoms with Crippen LogP contribution in [0.25, 0.3) is 49.5 Å². The Kier molecular flexibility index (Phi) is 4.00. The molecule has 3 aliphatic rings. The summed E-state index contributed by atoms with van der Waals surface area (Å²) in [6.45, 7) is 0. The van der Waals surface area contributed by atoms with Crippen LogP contribution in [0, 0.1) is 0 Å². The van der Waals surface area contributed by atoms with Gasteiger partial charge in [0.25, 0.3) is 0 Å². The highest BCUT2D eigenvalue weighted by Crippen LogP contribution is 2.48. The van der Waals surface area contributed by atoms with Gasteiger partial charge in [0, 0.05) is 23.3 Å². The molecule has 0 radical (unpaired) electrons. The molecule has 3 nitrogen and oxygen atoms in total. The maximum atomic E-state index is 6.28. The number of hydrogen-bond acceptors (Lipinski definition) is 3. The molecule has 5 aromatic rings. The minimum Gasteiger partial charge on any atom is -0.456 e. The Morgan fingerprint density at radius 1 is 0.667 bits per heavy atom. The van der Waals surface area contributed by atoms with Crippen molar-refractivity contribution in [2.45, 2.75) is 6.17 Å². The summed E-state index contributed by atoms with van der Waals surface area (Å²) in [7, 11) is 0. The van der Waals surface area contributed by atoms with E-state index in [0.717, 1.165) is 22.8 Å². The molecule has 0 spiro atoms. The van der Waals surface area contributed by atoms with Crippen molar-refractivity contribution in [2.75, 3.05) is 0 Å². The summed E-state index contributed by atoms with van der Waals surface area (Å²) in [5.74, 6) is 1.84. The molecule has 5 aromatic carbocycles. The Balaban J connectivity index is 1.22. The minimum absolute atomic E-state index is 0.201. The second kappa shape index (κ2) is 7.37. The predicted octanol–water partition coefficient (Wildman–Crippen LogP) is 8.05. The Bertz CT molecular complexity index is 1810. The highest BCUT2D eigenvalue weighted by atomic mass is 16.5. The maximum Gasteiger partial charge on any atom is 0.135 e. The second-order valence-corrected chi connectivity index (χ2v) is 9.52.